The van der Waals surface area contributed by atoms with E-state index in [2.05, 4.69) is 16.7 Å². The Morgan fingerprint density at radius 2 is 1.81 bits per heavy atom. The summed E-state index contributed by atoms with van der Waals surface area (Å²) in [6.45, 7) is 3.98. The van der Waals surface area contributed by atoms with Crippen molar-refractivity contribution in [3.05, 3.63) is 59.2 Å². The molecule has 1 fully saturated rings. The molecule has 2 aromatic rings. The Bertz CT molecular complexity index is 1020. The number of amides is 3. The van der Waals surface area contributed by atoms with Gasteiger partial charge in [0.05, 0.1) is 11.4 Å². The molecule has 0 aromatic heterocycles. The summed E-state index contributed by atoms with van der Waals surface area (Å²) >= 11 is 0. The number of aliphatic imine (C=N–C) groups is 1. The molecule has 6 nitrogen and oxygen atoms in total. The lowest BCUT2D eigenvalue weighted by atomic mass is 9.82. The Balaban J connectivity index is 1.66. The summed E-state index contributed by atoms with van der Waals surface area (Å²) < 4.78 is 0. The van der Waals surface area contributed by atoms with Gasteiger partial charge in [-0.3, -0.25) is 9.79 Å². The van der Waals surface area contributed by atoms with E-state index >= 15 is 0 Å². The predicted octanol–water partition coefficient (Wildman–Crippen LogP) is 4.80. The first kappa shape index (κ1) is 21.1. The van der Waals surface area contributed by atoms with Gasteiger partial charge in [-0.05, 0) is 49.9 Å². The molecule has 3 amide bonds. The second-order valence-corrected chi connectivity index (χ2v) is 8.59. The standard InChI is InChI=1S/C25H30N4O2/c1-16-9-7-13-19(15-16)26-25(31)28-23-24(30)29(3)22-17(2)10-8-14-20(22)21(27-23)18-11-5-4-6-12-18/h7-10,13-15,18,23H,4-6,11-12H2,1-3H3,(H2,26,28,31)/t23-/m0/s1. The van der Waals surface area contributed by atoms with Gasteiger partial charge in [-0.15, -0.1) is 0 Å². The summed E-state index contributed by atoms with van der Waals surface area (Å²) in [7, 11) is 1.76. The van der Waals surface area contributed by atoms with Crippen LogP contribution in [0.2, 0.25) is 0 Å². The highest BCUT2D eigenvalue weighted by molar-refractivity contribution is 6.14. The zero-order valence-corrected chi connectivity index (χ0v) is 18.4. The number of carbonyl (C=O) groups excluding carboxylic acids is 2. The predicted molar refractivity (Wildman–Crippen MR) is 125 cm³/mol. The Hall–Kier alpha value is -3.15. The number of fused-ring (bicyclic) bond motifs is 1. The maximum Gasteiger partial charge on any atom is 0.321 e. The molecule has 2 aromatic carbocycles. The Kier molecular flexibility index (Phi) is 6.07. The van der Waals surface area contributed by atoms with Gasteiger partial charge in [0, 0.05) is 24.2 Å². The van der Waals surface area contributed by atoms with Crippen LogP contribution in [0.4, 0.5) is 16.2 Å². The topological polar surface area (TPSA) is 73.8 Å². The molecule has 0 spiro atoms. The quantitative estimate of drug-likeness (QED) is 0.752. The lowest BCUT2D eigenvalue weighted by Crippen LogP contribution is -2.47. The summed E-state index contributed by atoms with van der Waals surface area (Å²) in [5, 5.41) is 5.62. The van der Waals surface area contributed by atoms with Crippen LogP contribution in [0, 0.1) is 19.8 Å². The fourth-order valence-corrected chi connectivity index (χ4v) is 4.68. The average molecular weight is 419 g/mol. The van der Waals surface area contributed by atoms with Crippen molar-refractivity contribution in [2.45, 2.75) is 52.1 Å². The zero-order chi connectivity index (χ0) is 22.0. The normalized spacial score (nSPS) is 19.3. The van der Waals surface area contributed by atoms with Crippen molar-refractivity contribution in [2.75, 3.05) is 17.3 Å². The number of aryl methyl sites for hydroxylation is 2. The van der Waals surface area contributed by atoms with Crippen LogP contribution in [0.15, 0.2) is 47.5 Å². The van der Waals surface area contributed by atoms with Gasteiger partial charge in [0.2, 0.25) is 6.17 Å². The minimum Gasteiger partial charge on any atom is -0.311 e. The van der Waals surface area contributed by atoms with E-state index in [0.717, 1.165) is 40.9 Å². The van der Waals surface area contributed by atoms with Crippen molar-refractivity contribution < 1.29 is 9.59 Å². The smallest absolute Gasteiger partial charge is 0.311 e. The Morgan fingerprint density at radius 3 is 2.55 bits per heavy atom. The lowest BCUT2D eigenvalue weighted by molar-refractivity contribution is -0.119. The number of likely N-dealkylation sites (N-methyl/N-ethyl adjacent to an activating group) is 1. The Morgan fingerprint density at radius 1 is 1.06 bits per heavy atom. The summed E-state index contributed by atoms with van der Waals surface area (Å²) in [5.74, 6) is 0.0680. The van der Waals surface area contributed by atoms with Crippen LogP contribution in [0.5, 0.6) is 0 Å². The fourth-order valence-electron chi connectivity index (χ4n) is 4.68. The summed E-state index contributed by atoms with van der Waals surface area (Å²) in [6.07, 6.45) is 4.74. The zero-order valence-electron chi connectivity index (χ0n) is 18.4. The molecule has 0 bridgehead atoms. The van der Waals surface area contributed by atoms with E-state index in [1.165, 1.54) is 19.3 Å². The van der Waals surface area contributed by atoms with Crippen LogP contribution in [-0.4, -0.2) is 30.9 Å². The number of hydrogen-bond donors (Lipinski definition) is 2. The molecule has 1 atom stereocenters. The maximum absolute atomic E-state index is 13.3. The van der Waals surface area contributed by atoms with Crippen molar-refractivity contribution in [2.24, 2.45) is 10.9 Å². The van der Waals surface area contributed by atoms with Gasteiger partial charge in [0.15, 0.2) is 0 Å². The first-order chi connectivity index (χ1) is 14.9. The second-order valence-electron chi connectivity index (χ2n) is 8.59. The van der Waals surface area contributed by atoms with E-state index < -0.39 is 12.2 Å². The van der Waals surface area contributed by atoms with E-state index in [9.17, 15) is 9.59 Å². The molecule has 0 radical (unpaired) electrons. The number of anilines is 2. The molecule has 2 N–H and O–H groups in total. The highest BCUT2D eigenvalue weighted by Crippen LogP contribution is 2.35. The number of nitrogens with one attached hydrogen (secondary N) is 2. The van der Waals surface area contributed by atoms with Gasteiger partial charge in [-0.25, -0.2) is 4.79 Å². The number of urea groups is 1. The van der Waals surface area contributed by atoms with Gasteiger partial charge >= 0.3 is 6.03 Å². The molecule has 6 heteroatoms. The molecule has 162 valence electrons. The van der Waals surface area contributed by atoms with E-state index in [4.69, 9.17) is 4.99 Å². The third kappa shape index (κ3) is 4.48. The monoisotopic (exact) mass is 418 g/mol. The minimum absolute atomic E-state index is 0.235. The van der Waals surface area contributed by atoms with Crippen LogP contribution in [-0.2, 0) is 4.79 Å². The van der Waals surface area contributed by atoms with E-state index in [0.29, 0.717) is 11.6 Å². The molecular formula is C25H30N4O2. The van der Waals surface area contributed by atoms with Crippen molar-refractivity contribution >= 4 is 29.0 Å². The highest BCUT2D eigenvalue weighted by Gasteiger charge is 2.34. The van der Waals surface area contributed by atoms with Crippen molar-refractivity contribution in [3.8, 4) is 0 Å². The number of nitrogens with zero attached hydrogens (tertiary/aromatic N) is 2. The average Bonchev–Trinajstić information content (AvgIpc) is 2.85. The van der Waals surface area contributed by atoms with E-state index in [1.807, 2.05) is 50.2 Å². The number of hydrogen-bond acceptors (Lipinski definition) is 3. The van der Waals surface area contributed by atoms with Gasteiger partial charge in [0.25, 0.3) is 5.91 Å². The van der Waals surface area contributed by atoms with Gasteiger partial charge in [0.1, 0.15) is 0 Å². The molecular weight excluding hydrogens is 388 g/mol. The number of carbonyl (C=O) groups is 2. The van der Waals surface area contributed by atoms with Crippen LogP contribution < -0.4 is 15.5 Å². The summed E-state index contributed by atoms with van der Waals surface area (Å²) in [6, 6.07) is 13.2. The third-order valence-corrected chi connectivity index (χ3v) is 6.22. The van der Waals surface area contributed by atoms with Gasteiger partial charge in [-0.2, -0.15) is 0 Å². The molecule has 31 heavy (non-hydrogen) atoms. The van der Waals surface area contributed by atoms with Crippen molar-refractivity contribution in [3.63, 3.8) is 0 Å². The van der Waals surface area contributed by atoms with E-state index in [1.54, 1.807) is 11.9 Å². The maximum atomic E-state index is 13.3. The van der Waals surface area contributed by atoms with Crippen LogP contribution in [0.3, 0.4) is 0 Å². The molecule has 1 aliphatic heterocycles. The molecule has 1 aliphatic carbocycles. The summed E-state index contributed by atoms with van der Waals surface area (Å²) in [4.78, 5) is 32.5. The highest BCUT2D eigenvalue weighted by atomic mass is 16.2. The van der Waals surface area contributed by atoms with Crippen LogP contribution in [0.25, 0.3) is 0 Å². The second kappa shape index (κ2) is 8.92. The molecule has 4 rings (SSSR count). The summed E-state index contributed by atoms with van der Waals surface area (Å²) in [5.41, 5.74) is 5.60. The first-order valence-corrected chi connectivity index (χ1v) is 11.0. The molecule has 1 heterocycles. The number of para-hydroxylation sites is 1. The molecule has 1 saturated carbocycles. The number of rotatable bonds is 3. The first-order valence-electron chi connectivity index (χ1n) is 11.0. The SMILES string of the molecule is Cc1cccc(NC(=O)N[C@@H]2N=C(C3CCCCC3)c3cccc(C)c3N(C)C2=O)c1. The van der Waals surface area contributed by atoms with Gasteiger partial charge < -0.3 is 15.5 Å². The molecule has 2 aliphatic rings. The Labute approximate surface area is 183 Å². The molecule has 0 saturated heterocycles. The molecule has 0 unspecified atom stereocenters. The fraction of sp³-hybridized carbons (Fsp3) is 0.400. The minimum atomic E-state index is -0.960. The van der Waals surface area contributed by atoms with E-state index in [-0.39, 0.29) is 5.91 Å². The van der Waals surface area contributed by atoms with Gasteiger partial charge in [-0.1, -0.05) is 49.6 Å². The third-order valence-electron chi connectivity index (χ3n) is 6.22. The van der Waals surface area contributed by atoms with Crippen LogP contribution >= 0.6 is 0 Å². The van der Waals surface area contributed by atoms with Crippen molar-refractivity contribution in [1.29, 1.82) is 0 Å². The van der Waals surface area contributed by atoms with Crippen molar-refractivity contribution in [1.82, 2.24) is 5.32 Å². The lowest BCUT2D eigenvalue weighted by Gasteiger charge is -2.25. The van der Waals surface area contributed by atoms with Crippen LogP contribution in [0.1, 0.15) is 48.8 Å². The largest absolute Gasteiger partial charge is 0.321 e. The number of benzene rings is 2. The number of benzodiazepines with no additional fused rings is 1.